The normalized spacial score (nSPS) is 28.7. The van der Waals surface area contributed by atoms with Crippen LogP contribution in [-0.4, -0.2) is 126 Å². The van der Waals surface area contributed by atoms with Gasteiger partial charge in [-0.1, -0.05) is 49.4 Å². The van der Waals surface area contributed by atoms with Crippen LogP contribution in [0.5, 0.6) is 0 Å². The zero-order valence-corrected chi connectivity index (χ0v) is 31.0. The molecule has 0 spiro atoms. The summed E-state index contributed by atoms with van der Waals surface area (Å²) in [4.78, 5) is 95.2. The number of anilines is 1. The van der Waals surface area contributed by atoms with E-state index < -0.39 is 66.0 Å². The highest BCUT2D eigenvalue weighted by molar-refractivity contribution is 6.01. The van der Waals surface area contributed by atoms with Crippen LogP contribution in [0.25, 0.3) is 0 Å². The number of hydrogen-bond acceptors (Lipinski definition) is 9. The molecular weight excluding hydrogens is 678 g/mol. The van der Waals surface area contributed by atoms with E-state index in [1.54, 1.807) is 45.2 Å². The monoisotopic (exact) mass is 727 g/mol. The largest absolute Gasteiger partial charge is 0.473 e. The molecule has 2 N–H and O–H groups in total. The van der Waals surface area contributed by atoms with Crippen LogP contribution in [0.3, 0.4) is 0 Å². The van der Waals surface area contributed by atoms with Crippen molar-refractivity contribution >= 4 is 46.9 Å². The summed E-state index contributed by atoms with van der Waals surface area (Å²) in [6.45, 7) is 3.79. The number of piperidine rings is 1. The number of likely N-dealkylation sites (N-methyl/N-ethyl adjacent to an activating group) is 1. The van der Waals surface area contributed by atoms with E-state index in [-0.39, 0.29) is 49.8 Å². The Morgan fingerprint density at radius 1 is 0.849 bits per heavy atom. The second-order valence-electron chi connectivity index (χ2n) is 14.5. The molecular formula is C39H49N7O7. The zero-order chi connectivity index (χ0) is 38.0. The van der Waals surface area contributed by atoms with Crippen LogP contribution in [0.1, 0.15) is 63.1 Å². The van der Waals surface area contributed by atoms with E-state index in [1.807, 2.05) is 49.3 Å². The standard InChI is InChI=1S/C39H49N7O7/c1-6-28-37(50)45-19-10-13-29(45)38(51)44(5)31(21-24-14-16-26(17-15-24)43(3)4)39(52)46-20-18-27(47)22-30(46)34(48)41-33(25-11-8-7-9-12-25)36-42-32(23(2)53-36)35(49)40-28/h7-9,11-12,14-17,23,28-33H,6,10,13,18-22H2,1-5H3,(H,40,49)(H,41,48)/t23-,28-,29+,30+,31+,32?,33+/m1/s1. The molecule has 2 aromatic carbocycles. The molecule has 0 radical (unpaired) electrons. The lowest BCUT2D eigenvalue weighted by atomic mass is 9.95. The highest BCUT2D eigenvalue weighted by Gasteiger charge is 2.46. The van der Waals surface area contributed by atoms with Crippen molar-refractivity contribution in [3.63, 3.8) is 0 Å². The number of aliphatic imine (C=N–C) groups is 1. The molecule has 14 heteroatoms. The maximum atomic E-state index is 14.8. The van der Waals surface area contributed by atoms with Gasteiger partial charge in [-0.25, -0.2) is 4.99 Å². The van der Waals surface area contributed by atoms with Gasteiger partial charge in [0.05, 0.1) is 0 Å². The van der Waals surface area contributed by atoms with Crippen LogP contribution in [0, 0.1) is 0 Å². The first-order valence-electron chi connectivity index (χ1n) is 18.4. The van der Waals surface area contributed by atoms with Crippen molar-refractivity contribution in [2.24, 2.45) is 4.99 Å². The molecule has 0 aromatic heterocycles. The molecule has 2 aromatic rings. The van der Waals surface area contributed by atoms with Crippen LogP contribution in [0.2, 0.25) is 0 Å². The number of nitrogens with zero attached hydrogens (tertiary/aromatic N) is 5. The third-order valence-corrected chi connectivity index (χ3v) is 10.8. The predicted octanol–water partition coefficient (Wildman–Crippen LogP) is 1.62. The maximum Gasteiger partial charge on any atom is 0.249 e. The third-order valence-electron chi connectivity index (χ3n) is 10.8. The molecule has 2 saturated heterocycles. The van der Waals surface area contributed by atoms with Crippen molar-refractivity contribution in [2.75, 3.05) is 39.1 Å². The molecule has 6 rings (SSSR count). The SMILES string of the molecule is CC[C@H]1NC(=O)C2N=C(O[C@@H]2C)[C@H](c2ccccc2)NC(=O)[C@@H]2CC(=O)CCN2C(=O)[C@H](Cc2ccc(N(C)C)cc2)N(C)C(=O)[C@@H]2CCCN2C1=O. The summed E-state index contributed by atoms with van der Waals surface area (Å²) in [5.74, 6) is -2.43. The van der Waals surface area contributed by atoms with E-state index in [1.165, 1.54) is 14.7 Å². The van der Waals surface area contributed by atoms with Crippen LogP contribution in [-0.2, 0) is 39.9 Å². The van der Waals surface area contributed by atoms with Gasteiger partial charge in [0.2, 0.25) is 35.4 Å². The van der Waals surface area contributed by atoms with Crippen molar-refractivity contribution in [2.45, 2.75) is 94.7 Å². The number of carbonyl (C=O) groups is 6. The molecule has 0 aliphatic carbocycles. The Labute approximate surface area is 309 Å². The van der Waals surface area contributed by atoms with E-state index in [4.69, 9.17) is 4.74 Å². The first-order valence-corrected chi connectivity index (χ1v) is 18.4. The molecule has 4 aliphatic rings. The summed E-state index contributed by atoms with van der Waals surface area (Å²) in [6, 6.07) is 10.7. The number of amides is 5. The predicted molar refractivity (Wildman–Crippen MR) is 197 cm³/mol. The Bertz CT molecular complexity index is 1760. The molecule has 4 heterocycles. The molecule has 4 aliphatic heterocycles. The van der Waals surface area contributed by atoms with Gasteiger partial charge < -0.3 is 35.0 Å². The van der Waals surface area contributed by atoms with E-state index in [0.717, 1.165) is 11.3 Å². The lowest BCUT2D eigenvalue weighted by Crippen LogP contribution is -2.61. The minimum absolute atomic E-state index is 0.00714. The van der Waals surface area contributed by atoms with Gasteiger partial charge >= 0.3 is 0 Å². The summed E-state index contributed by atoms with van der Waals surface area (Å²) >= 11 is 0. The van der Waals surface area contributed by atoms with Crippen LogP contribution >= 0.6 is 0 Å². The van der Waals surface area contributed by atoms with E-state index >= 15 is 0 Å². The second-order valence-corrected chi connectivity index (χ2v) is 14.5. The minimum atomic E-state index is -1.18. The lowest BCUT2D eigenvalue weighted by molar-refractivity contribution is -0.154. The van der Waals surface area contributed by atoms with Gasteiger partial charge in [-0.05, 0) is 49.4 Å². The van der Waals surface area contributed by atoms with Gasteiger partial charge in [-0.2, -0.15) is 0 Å². The van der Waals surface area contributed by atoms with E-state index in [0.29, 0.717) is 24.9 Å². The maximum absolute atomic E-state index is 14.8. The Morgan fingerprint density at radius 2 is 1.55 bits per heavy atom. The Balaban J connectivity index is 1.44. The van der Waals surface area contributed by atoms with Gasteiger partial charge in [-0.3, -0.25) is 28.8 Å². The number of nitrogens with one attached hydrogen (secondary N) is 2. The molecule has 2 bridgehead atoms. The van der Waals surface area contributed by atoms with Crippen molar-refractivity contribution in [3.05, 3.63) is 65.7 Å². The van der Waals surface area contributed by atoms with Gasteiger partial charge in [-0.15, -0.1) is 0 Å². The molecule has 7 atom stereocenters. The Morgan fingerprint density at radius 3 is 2.23 bits per heavy atom. The number of fused-ring (bicyclic) bond motifs is 3. The van der Waals surface area contributed by atoms with Crippen LogP contribution in [0.4, 0.5) is 5.69 Å². The molecule has 1 unspecified atom stereocenters. The first kappa shape index (κ1) is 37.5. The van der Waals surface area contributed by atoms with Crippen molar-refractivity contribution in [3.8, 4) is 0 Å². The highest BCUT2D eigenvalue weighted by Crippen LogP contribution is 2.28. The molecule has 53 heavy (non-hydrogen) atoms. The van der Waals surface area contributed by atoms with Gasteiger partial charge in [0.15, 0.2) is 6.04 Å². The third kappa shape index (κ3) is 7.77. The smallest absolute Gasteiger partial charge is 0.249 e. The summed E-state index contributed by atoms with van der Waals surface area (Å²) in [6.07, 6.45) is 0.509. The first-order chi connectivity index (χ1) is 25.4. The number of benzene rings is 2. The molecule has 2 fully saturated rings. The molecule has 14 nitrogen and oxygen atoms in total. The topological polar surface area (TPSA) is 161 Å². The number of carbonyl (C=O) groups excluding carboxylic acids is 6. The summed E-state index contributed by atoms with van der Waals surface area (Å²) in [5.41, 5.74) is 2.37. The van der Waals surface area contributed by atoms with Crippen molar-refractivity contribution in [1.82, 2.24) is 25.3 Å². The number of Topliss-reactive ketones (excluding diaryl/α,β-unsaturated/α-hetero) is 1. The number of rotatable bonds is 5. The second kappa shape index (κ2) is 15.8. The van der Waals surface area contributed by atoms with Crippen LogP contribution < -0.4 is 15.5 Å². The van der Waals surface area contributed by atoms with Crippen molar-refractivity contribution < 1.29 is 33.5 Å². The fourth-order valence-electron chi connectivity index (χ4n) is 7.65. The summed E-state index contributed by atoms with van der Waals surface area (Å²) in [5, 5.41) is 5.83. The summed E-state index contributed by atoms with van der Waals surface area (Å²) < 4.78 is 6.13. The Hall–Kier alpha value is -5.27. The molecule has 282 valence electrons. The van der Waals surface area contributed by atoms with E-state index in [2.05, 4.69) is 15.6 Å². The fraction of sp³-hybridized carbons (Fsp3) is 0.513. The van der Waals surface area contributed by atoms with Gasteiger partial charge in [0.1, 0.15) is 42.1 Å². The Kier molecular flexibility index (Phi) is 11.2. The lowest BCUT2D eigenvalue weighted by Gasteiger charge is -2.40. The number of ether oxygens (including phenoxy) is 1. The van der Waals surface area contributed by atoms with E-state index in [9.17, 15) is 28.8 Å². The zero-order valence-electron chi connectivity index (χ0n) is 31.0. The highest BCUT2D eigenvalue weighted by atomic mass is 16.5. The quantitative estimate of drug-likeness (QED) is 0.470. The number of hydrogen-bond donors (Lipinski definition) is 2. The molecule has 0 saturated carbocycles. The average molecular weight is 728 g/mol. The van der Waals surface area contributed by atoms with Crippen LogP contribution in [0.15, 0.2) is 59.6 Å². The summed E-state index contributed by atoms with van der Waals surface area (Å²) in [7, 11) is 5.41. The minimum Gasteiger partial charge on any atom is -0.473 e. The average Bonchev–Trinajstić information content (AvgIpc) is 3.81. The van der Waals surface area contributed by atoms with Crippen molar-refractivity contribution in [1.29, 1.82) is 0 Å². The molecule has 5 amide bonds. The van der Waals surface area contributed by atoms with Gasteiger partial charge in [0.25, 0.3) is 0 Å². The van der Waals surface area contributed by atoms with Gasteiger partial charge in [0, 0.05) is 59.2 Å². The number of ketones is 1. The fourth-order valence-corrected chi connectivity index (χ4v) is 7.65.